The lowest BCUT2D eigenvalue weighted by atomic mass is 10.1. The molecule has 1 aromatic rings. The van der Waals surface area contributed by atoms with Crippen molar-refractivity contribution in [2.45, 2.75) is 47.1 Å². The predicted molar refractivity (Wildman–Crippen MR) is 83.4 cm³/mol. The van der Waals surface area contributed by atoms with E-state index in [0.717, 1.165) is 24.0 Å². The minimum Gasteiger partial charge on any atom is -0.458 e. The van der Waals surface area contributed by atoms with Crippen LogP contribution in [0.5, 0.6) is 0 Å². The number of hydrogen-bond donors (Lipinski definition) is 0. The molecule has 0 aliphatic rings. The summed E-state index contributed by atoms with van der Waals surface area (Å²) < 4.78 is 5.25. The predicted octanol–water partition coefficient (Wildman–Crippen LogP) is 4.73. The van der Waals surface area contributed by atoms with Gasteiger partial charge < -0.3 is 4.74 Å². The van der Waals surface area contributed by atoms with Gasteiger partial charge in [0.05, 0.1) is 0 Å². The van der Waals surface area contributed by atoms with Crippen LogP contribution in [0.2, 0.25) is 0 Å². The van der Waals surface area contributed by atoms with Crippen LogP contribution in [0.1, 0.15) is 44.7 Å². The van der Waals surface area contributed by atoms with Crippen molar-refractivity contribution in [2.24, 2.45) is 0 Å². The molecule has 0 saturated carbocycles. The summed E-state index contributed by atoms with van der Waals surface area (Å²) in [6.45, 7) is 8.48. The van der Waals surface area contributed by atoms with E-state index in [2.05, 4.69) is 19.9 Å². The highest BCUT2D eigenvalue weighted by Crippen LogP contribution is 2.09. The molecular weight excluding hydrogens is 248 g/mol. The zero-order chi connectivity index (χ0) is 15.0. The molecule has 0 fully saturated rings. The lowest BCUT2D eigenvalue weighted by Gasteiger charge is -2.04. The number of allylic oxidation sites excluding steroid dienone is 3. The second-order valence-electron chi connectivity index (χ2n) is 5.41. The third-order valence-corrected chi connectivity index (χ3v) is 2.92. The molecule has 108 valence electrons. The first-order chi connectivity index (χ1) is 9.47. The Hall–Kier alpha value is -1.83. The number of carbonyl (C=O) groups is 1. The molecule has 20 heavy (non-hydrogen) atoms. The summed E-state index contributed by atoms with van der Waals surface area (Å²) in [5.41, 5.74) is 4.55. The van der Waals surface area contributed by atoms with Gasteiger partial charge in [0.25, 0.3) is 0 Å². The minimum atomic E-state index is -0.263. The first-order valence-corrected chi connectivity index (χ1v) is 7.00. The summed E-state index contributed by atoms with van der Waals surface area (Å²) in [4.78, 5) is 11.7. The smallest absolute Gasteiger partial charge is 0.331 e. The van der Waals surface area contributed by atoms with Gasteiger partial charge in [-0.3, -0.25) is 0 Å². The molecule has 0 heterocycles. The van der Waals surface area contributed by atoms with Crippen LogP contribution in [0, 0.1) is 6.92 Å². The highest BCUT2D eigenvalue weighted by atomic mass is 16.5. The Bertz CT molecular complexity index is 506. The van der Waals surface area contributed by atoms with Gasteiger partial charge in [0.15, 0.2) is 0 Å². The molecule has 1 aromatic carbocycles. The number of esters is 1. The van der Waals surface area contributed by atoms with Crippen molar-refractivity contribution in [2.75, 3.05) is 0 Å². The molecule has 2 heteroatoms. The molecule has 0 atom stereocenters. The van der Waals surface area contributed by atoms with E-state index in [0.29, 0.717) is 6.61 Å². The third-order valence-electron chi connectivity index (χ3n) is 2.92. The van der Waals surface area contributed by atoms with Crippen molar-refractivity contribution < 1.29 is 9.53 Å². The maximum absolute atomic E-state index is 11.7. The first kappa shape index (κ1) is 16.2. The van der Waals surface area contributed by atoms with Crippen LogP contribution in [0.3, 0.4) is 0 Å². The molecule has 0 amide bonds. The van der Waals surface area contributed by atoms with Gasteiger partial charge in [-0.15, -0.1) is 0 Å². The summed E-state index contributed by atoms with van der Waals surface area (Å²) in [6.07, 6.45) is 5.63. The number of aryl methyl sites for hydroxylation is 1. The van der Waals surface area contributed by atoms with Crippen LogP contribution < -0.4 is 0 Å². The van der Waals surface area contributed by atoms with Crippen molar-refractivity contribution in [1.29, 1.82) is 0 Å². The summed E-state index contributed by atoms with van der Waals surface area (Å²) in [5.74, 6) is -0.263. The Balaban J connectivity index is 2.41. The Labute approximate surface area is 122 Å². The average molecular weight is 272 g/mol. The summed E-state index contributed by atoms with van der Waals surface area (Å²) in [5, 5.41) is 0. The van der Waals surface area contributed by atoms with Gasteiger partial charge in [-0.05, 0) is 46.1 Å². The van der Waals surface area contributed by atoms with Crippen molar-refractivity contribution in [3.63, 3.8) is 0 Å². The molecule has 1 rings (SSSR count). The van der Waals surface area contributed by atoms with E-state index in [1.807, 2.05) is 38.1 Å². The summed E-state index contributed by atoms with van der Waals surface area (Å²) >= 11 is 0. The SMILES string of the molecule is CC(C)=CCC/C(C)=C/C(=O)OCc1cccc(C)c1. The lowest BCUT2D eigenvalue weighted by Crippen LogP contribution is -2.02. The first-order valence-electron chi connectivity index (χ1n) is 7.00. The van der Waals surface area contributed by atoms with Crippen molar-refractivity contribution >= 4 is 5.97 Å². The fourth-order valence-corrected chi connectivity index (χ4v) is 1.86. The molecule has 0 unspecified atom stereocenters. The minimum absolute atomic E-state index is 0.263. The van der Waals surface area contributed by atoms with Gasteiger partial charge in [-0.2, -0.15) is 0 Å². The second kappa shape index (κ2) is 8.36. The molecule has 0 aliphatic carbocycles. The van der Waals surface area contributed by atoms with Crippen LogP contribution in [-0.4, -0.2) is 5.97 Å². The maximum Gasteiger partial charge on any atom is 0.331 e. The van der Waals surface area contributed by atoms with E-state index in [-0.39, 0.29) is 5.97 Å². The van der Waals surface area contributed by atoms with Crippen molar-refractivity contribution in [3.8, 4) is 0 Å². The Kier molecular flexibility index (Phi) is 6.78. The van der Waals surface area contributed by atoms with Gasteiger partial charge >= 0.3 is 5.97 Å². The third kappa shape index (κ3) is 6.93. The average Bonchev–Trinajstić information content (AvgIpc) is 2.36. The zero-order valence-corrected chi connectivity index (χ0v) is 12.9. The summed E-state index contributed by atoms with van der Waals surface area (Å²) in [6, 6.07) is 7.99. The van der Waals surface area contributed by atoms with Crippen molar-refractivity contribution in [1.82, 2.24) is 0 Å². The summed E-state index contributed by atoms with van der Waals surface area (Å²) in [7, 11) is 0. The van der Waals surface area contributed by atoms with E-state index >= 15 is 0 Å². The van der Waals surface area contributed by atoms with E-state index < -0.39 is 0 Å². The Morgan fingerprint density at radius 3 is 2.65 bits per heavy atom. The fourth-order valence-electron chi connectivity index (χ4n) is 1.86. The zero-order valence-electron chi connectivity index (χ0n) is 12.9. The Morgan fingerprint density at radius 2 is 2.00 bits per heavy atom. The number of carbonyl (C=O) groups excluding carboxylic acids is 1. The molecule has 0 saturated heterocycles. The van der Waals surface area contributed by atoms with E-state index in [1.165, 1.54) is 11.1 Å². The molecule has 0 radical (unpaired) electrons. The van der Waals surface area contributed by atoms with Gasteiger partial charge in [-0.25, -0.2) is 4.79 Å². The molecular formula is C18H24O2. The van der Waals surface area contributed by atoms with Crippen LogP contribution in [0.25, 0.3) is 0 Å². The van der Waals surface area contributed by atoms with Gasteiger partial charge in [-0.1, -0.05) is 47.1 Å². The molecule has 0 aliphatic heterocycles. The molecule has 0 bridgehead atoms. The highest BCUT2D eigenvalue weighted by molar-refractivity contribution is 5.82. The normalized spacial score (nSPS) is 11.1. The van der Waals surface area contributed by atoms with Crippen LogP contribution >= 0.6 is 0 Å². The topological polar surface area (TPSA) is 26.3 Å². The monoisotopic (exact) mass is 272 g/mol. The highest BCUT2D eigenvalue weighted by Gasteiger charge is 2.01. The van der Waals surface area contributed by atoms with Crippen molar-refractivity contribution in [3.05, 3.63) is 58.7 Å². The standard InChI is InChI=1S/C18H24O2/c1-14(2)7-5-8-16(4)12-18(19)20-13-17-10-6-9-15(3)11-17/h6-7,9-12H,5,8,13H2,1-4H3/b16-12+. The number of ether oxygens (including phenoxy) is 1. The fraction of sp³-hybridized carbons (Fsp3) is 0.389. The molecule has 0 aromatic heterocycles. The van der Waals surface area contributed by atoms with Crippen LogP contribution in [0.15, 0.2) is 47.6 Å². The number of benzene rings is 1. The maximum atomic E-state index is 11.7. The molecule has 2 nitrogen and oxygen atoms in total. The molecule has 0 N–H and O–H groups in total. The largest absolute Gasteiger partial charge is 0.458 e. The van der Waals surface area contributed by atoms with E-state index in [1.54, 1.807) is 6.08 Å². The quantitative estimate of drug-likeness (QED) is 0.425. The molecule has 0 spiro atoms. The second-order valence-corrected chi connectivity index (χ2v) is 5.41. The Morgan fingerprint density at radius 1 is 1.25 bits per heavy atom. The van der Waals surface area contributed by atoms with Crippen LogP contribution in [-0.2, 0) is 16.1 Å². The number of rotatable bonds is 6. The van der Waals surface area contributed by atoms with Gasteiger partial charge in [0, 0.05) is 6.08 Å². The van der Waals surface area contributed by atoms with Gasteiger partial charge in [0.1, 0.15) is 6.61 Å². The van der Waals surface area contributed by atoms with Gasteiger partial charge in [0.2, 0.25) is 0 Å². The number of hydrogen-bond acceptors (Lipinski definition) is 2. The van der Waals surface area contributed by atoms with Crippen LogP contribution in [0.4, 0.5) is 0 Å². The van der Waals surface area contributed by atoms with E-state index in [4.69, 9.17) is 4.74 Å². The van der Waals surface area contributed by atoms with E-state index in [9.17, 15) is 4.79 Å². The lowest BCUT2D eigenvalue weighted by molar-refractivity contribution is -0.139.